The van der Waals surface area contributed by atoms with Crippen molar-refractivity contribution >= 4 is 23.3 Å². The summed E-state index contributed by atoms with van der Waals surface area (Å²) in [6.07, 6.45) is 12.4. The fraction of sp³-hybridized carbons (Fsp3) is 0.636. The van der Waals surface area contributed by atoms with Crippen molar-refractivity contribution in [2.45, 2.75) is 101 Å². The minimum Gasteiger partial charge on any atom is -0.490 e. The van der Waals surface area contributed by atoms with Crippen LogP contribution in [-0.4, -0.2) is 76.6 Å². The number of benzene rings is 1. The lowest BCUT2D eigenvalue weighted by atomic mass is 9.67. The van der Waals surface area contributed by atoms with Crippen molar-refractivity contribution in [1.82, 2.24) is 20.4 Å². The van der Waals surface area contributed by atoms with Crippen LogP contribution in [0.4, 0.5) is 5.82 Å². The third-order valence-corrected chi connectivity index (χ3v) is 10.7. The van der Waals surface area contributed by atoms with Gasteiger partial charge in [0, 0.05) is 31.2 Å². The van der Waals surface area contributed by atoms with E-state index in [0.717, 1.165) is 70.3 Å². The quantitative estimate of drug-likeness (QED) is 0.466. The van der Waals surface area contributed by atoms with E-state index in [1.165, 1.54) is 38.8 Å². The largest absolute Gasteiger partial charge is 0.490 e. The average molecular weight is 607 g/mol. The Kier molecular flexibility index (Phi) is 9.37. The first-order chi connectivity index (χ1) is 20.9. The van der Waals surface area contributed by atoms with Gasteiger partial charge in [-0.2, -0.15) is 5.26 Å². The van der Waals surface area contributed by atoms with Gasteiger partial charge in [0.2, 0.25) is 0 Å². The first kappa shape index (κ1) is 30.1. The van der Waals surface area contributed by atoms with Crippen molar-refractivity contribution in [3.05, 3.63) is 46.6 Å². The molecule has 4 aliphatic rings. The summed E-state index contributed by atoms with van der Waals surface area (Å²) in [5.41, 5.74) is 1.27. The zero-order valence-corrected chi connectivity index (χ0v) is 25.6. The molecule has 0 atom stereocenters. The zero-order valence-electron chi connectivity index (χ0n) is 24.9. The standard InChI is InChI=1S/C33H43ClN6O3/c34-29-21-28(4-1-23(29)22-35)43-27-5-2-24(3-6-27)36-32(42)30-7-8-31(38-37-30)40-17-11-25(12-18-40)39-19-15-33(16-20-39)13-9-26(41)10-14-33/h1,4,7-8,21,24-27,41H,2-3,5-6,9-20H2,(H,36,42). The van der Waals surface area contributed by atoms with Gasteiger partial charge in [0.25, 0.3) is 5.91 Å². The summed E-state index contributed by atoms with van der Waals surface area (Å²) in [6, 6.07) is 11.6. The molecule has 0 unspecified atom stereocenters. The fourth-order valence-electron chi connectivity index (χ4n) is 7.59. The summed E-state index contributed by atoms with van der Waals surface area (Å²) >= 11 is 6.13. The van der Waals surface area contributed by atoms with Crippen LogP contribution in [0.1, 0.15) is 93.1 Å². The number of nitriles is 1. The molecule has 230 valence electrons. The van der Waals surface area contributed by atoms with Crippen molar-refractivity contribution in [1.29, 1.82) is 5.26 Å². The van der Waals surface area contributed by atoms with Crippen LogP contribution in [-0.2, 0) is 0 Å². The number of aromatic nitrogens is 2. The third kappa shape index (κ3) is 7.25. The molecule has 0 radical (unpaired) electrons. The number of carbonyl (C=O) groups is 1. The topological polar surface area (TPSA) is 115 Å². The van der Waals surface area contributed by atoms with Crippen molar-refractivity contribution in [2.75, 3.05) is 31.1 Å². The molecule has 3 heterocycles. The molecule has 6 rings (SSSR count). The number of halogens is 1. The molecule has 2 N–H and O–H groups in total. The summed E-state index contributed by atoms with van der Waals surface area (Å²) in [6.45, 7) is 4.29. The van der Waals surface area contributed by atoms with Crippen molar-refractivity contribution in [2.24, 2.45) is 5.41 Å². The maximum absolute atomic E-state index is 12.9. The summed E-state index contributed by atoms with van der Waals surface area (Å²) in [5, 5.41) is 31.2. The van der Waals surface area contributed by atoms with Gasteiger partial charge in [-0.1, -0.05) is 11.6 Å². The van der Waals surface area contributed by atoms with Crippen LogP contribution < -0.4 is 15.0 Å². The van der Waals surface area contributed by atoms with E-state index in [4.69, 9.17) is 21.6 Å². The number of rotatable bonds is 6. The second kappa shape index (κ2) is 13.4. The molecule has 1 aromatic carbocycles. The summed E-state index contributed by atoms with van der Waals surface area (Å²) < 4.78 is 6.07. The Labute approximate surface area is 259 Å². The molecule has 2 saturated carbocycles. The number of hydrogen-bond acceptors (Lipinski definition) is 8. The number of carbonyl (C=O) groups excluding carboxylic acids is 1. The van der Waals surface area contributed by atoms with E-state index < -0.39 is 0 Å². The van der Waals surface area contributed by atoms with Crippen LogP contribution in [0.2, 0.25) is 5.02 Å². The van der Waals surface area contributed by atoms with E-state index in [-0.39, 0.29) is 24.2 Å². The van der Waals surface area contributed by atoms with Gasteiger partial charge in [0.15, 0.2) is 11.5 Å². The van der Waals surface area contributed by atoms with E-state index >= 15 is 0 Å². The van der Waals surface area contributed by atoms with Crippen molar-refractivity contribution in [3.63, 3.8) is 0 Å². The molecule has 2 aromatic rings. The van der Waals surface area contributed by atoms with Gasteiger partial charge in [0.05, 0.1) is 22.8 Å². The Morgan fingerprint density at radius 3 is 2.30 bits per heavy atom. The molecular weight excluding hydrogens is 564 g/mol. The van der Waals surface area contributed by atoms with E-state index in [1.54, 1.807) is 24.3 Å². The number of ether oxygens (including phenoxy) is 1. The van der Waals surface area contributed by atoms with E-state index in [1.807, 2.05) is 6.07 Å². The van der Waals surface area contributed by atoms with Crippen molar-refractivity contribution in [3.8, 4) is 11.8 Å². The first-order valence-electron chi connectivity index (χ1n) is 16.1. The number of piperidine rings is 2. The molecule has 2 aliphatic carbocycles. The monoisotopic (exact) mass is 606 g/mol. The Morgan fingerprint density at radius 2 is 1.67 bits per heavy atom. The summed E-state index contributed by atoms with van der Waals surface area (Å²) in [4.78, 5) is 17.9. The maximum atomic E-state index is 12.9. The number of anilines is 1. The van der Waals surface area contributed by atoms with E-state index in [2.05, 4.69) is 31.4 Å². The van der Waals surface area contributed by atoms with Gasteiger partial charge in [-0.05, 0) is 120 Å². The lowest BCUT2D eigenvalue weighted by Gasteiger charge is -2.48. The molecule has 2 saturated heterocycles. The first-order valence-corrected chi connectivity index (χ1v) is 16.5. The Bertz CT molecular complexity index is 1280. The molecule has 1 spiro atoms. The fourth-order valence-corrected chi connectivity index (χ4v) is 7.80. The predicted molar refractivity (Wildman–Crippen MR) is 165 cm³/mol. The number of nitrogens with one attached hydrogen (secondary N) is 1. The SMILES string of the molecule is N#Cc1ccc(OC2CCC(NC(=O)c3ccc(N4CCC(N5CCC6(CCC(O)CC6)CC5)CC4)nn3)CC2)cc1Cl. The van der Waals surface area contributed by atoms with Crippen molar-refractivity contribution < 1.29 is 14.6 Å². The Morgan fingerprint density at radius 1 is 0.953 bits per heavy atom. The molecule has 4 fully saturated rings. The smallest absolute Gasteiger partial charge is 0.272 e. The van der Waals surface area contributed by atoms with Gasteiger partial charge in [-0.15, -0.1) is 10.2 Å². The van der Waals surface area contributed by atoms with Crippen LogP contribution in [0.5, 0.6) is 5.75 Å². The average Bonchev–Trinajstić information content (AvgIpc) is 3.04. The van der Waals surface area contributed by atoms with Crippen LogP contribution in [0.3, 0.4) is 0 Å². The molecule has 1 amide bonds. The van der Waals surface area contributed by atoms with Crippen LogP contribution in [0.15, 0.2) is 30.3 Å². The number of aliphatic hydroxyl groups is 1. The highest BCUT2D eigenvalue weighted by molar-refractivity contribution is 6.31. The minimum absolute atomic E-state index is 0.0545. The second-order valence-electron chi connectivity index (χ2n) is 13.1. The number of likely N-dealkylation sites (tertiary alicyclic amines) is 1. The van der Waals surface area contributed by atoms with E-state index in [9.17, 15) is 9.90 Å². The van der Waals surface area contributed by atoms with Crippen LogP contribution in [0, 0.1) is 16.7 Å². The number of aliphatic hydroxyl groups excluding tert-OH is 1. The van der Waals surface area contributed by atoms with Crippen LogP contribution in [0.25, 0.3) is 0 Å². The highest BCUT2D eigenvalue weighted by Gasteiger charge is 2.39. The number of nitrogens with zero attached hydrogens (tertiary/aromatic N) is 5. The molecule has 0 bridgehead atoms. The van der Waals surface area contributed by atoms with Gasteiger partial charge >= 0.3 is 0 Å². The maximum Gasteiger partial charge on any atom is 0.272 e. The summed E-state index contributed by atoms with van der Waals surface area (Å²) in [5.74, 6) is 1.32. The lowest BCUT2D eigenvalue weighted by molar-refractivity contribution is 0.00333. The lowest BCUT2D eigenvalue weighted by Crippen LogP contribution is -2.50. The highest BCUT2D eigenvalue weighted by Crippen LogP contribution is 2.45. The second-order valence-corrected chi connectivity index (χ2v) is 13.5. The summed E-state index contributed by atoms with van der Waals surface area (Å²) in [7, 11) is 0. The number of hydrogen-bond donors (Lipinski definition) is 2. The zero-order chi connectivity index (χ0) is 29.8. The molecule has 43 heavy (non-hydrogen) atoms. The highest BCUT2D eigenvalue weighted by atomic mass is 35.5. The number of amides is 1. The van der Waals surface area contributed by atoms with Gasteiger partial charge in [0.1, 0.15) is 11.8 Å². The Hall–Kier alpha value is -2.93. The molecular formula is C33H43ClN6O3. The van der Waals surface area contributed by atoms with Crippen LogP contribution >= 0.6 is 11.6 Å². The normalized spacial score (nSPS) is 25.3. The van der Waals surface area contributed by atoms with E-state index in [0.29, 0.717) is 33.5 Å². The molecule has 1 aromatic heterocycles. The molecule has 10 heteroatoms. The van der Waals surface area contributed by atoms with Gasteiger partial charge in [-0.25, -0.2) is 0 Å². The molecule has 9 nitrogen and oxygen atoms in total. The Balaban J connectivity index is 0.917. The van der Waals surface area contributed by atoms with Gasteiger partial charge < -0.3 is 25.0 Å². The van der Waals surface area contributed by atoms with Gasteiger partial charge in [-0.3, -0.25) is 4.79 Å². The predicted octanol–water partition coefficient (Wildman–Crippen LogP) is 5.11. The third-order valence-electron chi connectivity index (χ3n) is 10.4. The minimum atomic E-state index is -0.184. The molecule has 2 aliphatic heterocycles.